The summed E-state index contributed by atoms with van der Waals surface area (Å²) in [4.78, 5) is 12.1. The molecule has 0 aliphatic heterocycles. The minimum Gasteiger partial charge on any atom is -0.393 e. The van der Waals surface area contributed by atoms with Crippen molar-refractivity contribution in [2.45, 2.75) is 64.5 Å². The maximum atomic E-state index is 12.1. The lowest BCUT2D eigenvalue weighted by atomic mass is 9.93. The molecule has 4 heteroatoms. The molecule has 0 saturated heterocycles. The summed E-state index contributed by atoms with van der Waals surface area (Å²) in [5.74, 6) is 0.112. The maximum Gasteiger partial charge on any atom is 0.315 e. The third-order valence-electron chi connectivity index (χ3n) is 3.73. The second-order valence-electron chi connectivity index (χ2n) is 6.66. The molecule has 4 nitrogen and oxygen atoms in total. The molecule has 0 aliphatic carbocycles. The SMILES string of the molecule is CCCC(C)(C)NC(=O)NCC(CC(C)O)c1ccccc1. The molecule has 1 rings (SSSR count). The zero-order valence-corrected chi connectivity index (χ0v) is 14.2. The second kappa shape index (κ2) is 8.79. The van der Waals surface area contributed by atoms with Gasteiger partial charge in [0.2, 0.25) is 0 Å². The van der Waals surface area contributed by atoms with Crippen LogP contribution in [0.3, 0.4) is 0 Å². The molecule has 124 valence electrons. The van der Waals surface area contributed by atoms with Crippen LogP contribution in [-0.2, 0) is 0 Å². The Morgan fingerprint density at radius 2 is 1.91 bits per heavy atom. The summed E-state index contributed by atoms with van der Waals surface area (Å²) in [5, 5.41) is 15.6. The van der Waals surface area contributed by atoms with E-state index in [0.29, 0.717) is 13.0 Å². The molecule has 0 aromatic heterocycles. The lowest BCUT2D eigenvalue weighted by Gasteiger charge is -2.27. The molecule has 3 N–H and O–H groups in total. The first kappa shape index (κ1) is 18.5. The molecule has 0 bridgehead atoms. The topological polar surface area (TPSA) is 61.4 Å². The molecule has 22 heavy (non-hydrogen) atoms. The fourth-order valence-corrected chi connectivity index (χ4v) is 2.73. The van der Waals surface area contributed by atoms with Crippen molar-refractivity contribution in [2.75, 3.05) is 6.54 Å². The number of hydrogen-bond donors (Lipinski definition) is 3. The molecule has 1 aromatic carbocycles. The van der Waals surface area contributed by atoms with Crippen LogP contribution in [0, 0.1) is 0 Å². The molecular weight excluding hydrogens is 276 g/mol. The predicted octanol–water partition coefficient (Wildman–Crippen LogP) is 3.42. The van der Waals surface area contributed by atoms with Gasteiger partial charge < -0.3 is 15.7 Å². The fraction of sp³-hybridized carbons (Fsp3) is 0.611. The average molecular weight is 306 g/mol. The van der Waals surface area contributed by atoms with Crippen molar-refractivity contribution >= 4 is 6.03 Å². The van der Waals surface area contributed by atoms with E-state index in [1.807, 2.05) is 44.2 Å². The highest BCUT2D eigenvalue weighted by atomic mass is 16.3. The van der Waals surface area contributed by atoms with E-state index < -0.39 is 6.10 Å². The number of nitrogens with one attached hydrogen (secondary N) is 2. The van der Waals surface area contributed by atoms with Gasteiger partial charge in [-0.3, -0.25) is 0 Å². The second-order valence-corrected chi connectivity index (χ2v) is 6.66. The van der Waals surface area contributed by atoms with E-state index in [4.69, 9.17) is 0 Å². The van der Waals surface area contributed by atoms with Crippen LogP contribution in [0.4, 0.5) is 4.79 Å². The van der Waals surface area contributed by atoms with E-state index in [2.05, 4.69) is 17.6 Å². The highest BCUT2D eigenvalue weighted by molar-refractivity contribution is 5.74. The van der Waals surface area contributed by atoms with E-state index in [1.54, 1.807) is 6.92 Å². The molecule has 0 aliphatic rings. The number of urea groups is 1. The monoisotopic (exact) mass is 306 g/mol. The third-order valence-corrected chi connectivity index (χ3v) is 3.73. The van der Waals surface area contributed by atoms with Gasteiger partial charge in [0.25, 0.3) is 0 Å². The Morgan fingerprint density at radius 3 is 2.45 bits per heavy atom. The number of aliphatic hydroxyl groups excluding tert-OH is 1. The molecule has 0 heterocycles. The van der Waals surface area contributed by atoms with E-state index >= 15 is 0 Å². The normalized spacial score (nSPS) is 14.2. The third kappa shape index (κ3) is 6.94. The van der Waals surface area contributed by atoms with Crippen molar-refractivity contribution in [3.63, 3.8) is 0 Å². The summed E-state index contributed by atoms with van der Waals surface area (Å²) >= 11 is 0. The Hall–Kier alpha value is -1.55. The molecule has 0 radical (unpaired) electrons. The van der Waals surface area contributed by atoms with Gasteiger partial charge in [0, 0.05) is 18.0 Å². The van der Waals surface area contributed by atoms with Gasteiger partial charge >= 0.3 is 6.03 Å². The molecule has 0 spiro atoms. The molecule has 1 aromatic rings. The van der Waals surface area contributed by atoms with Crippen LogP contribution in [0.1, 0.15) is 58.4 Å². The Morgan fingerprint density at radius 1 is 1.27 bits per heavy atom. The van der Waals surface area contributed by atoms with Crippen LogP contribution in [0.25, 0.3) is 0 Å². The molecule has 0 saturated carbocycles. The number of amides is 2. The van der Waals surface area contributed by atoms with Gasteiger partial charge in [0.05, 0.1) is 6.10 Å². The van der Waals surface area contributed by atoms with Gasteiger partial charge in [-0.05, 0) is 39.2 Å². The van der Waals surface area contributed by atoms with Crippen molar-refractivity contribution in [3.05, 3.63) is 35.9 Å². The van der Waals surface area contributed by atoms with Crippen molar-refractivity contribution < 1.29 is 9.90 Å². The van der Waals surface area contributed by atoms with Crippen LogP contribution in [-0.4, -0.2) is 29.3 Å². The van der Waals surface area contributed by atoms with Gasteiger partial charge in [0.15, 0.2) is 0 Å². The summed E-state index contributed by atoms with van der Waals surface area (Å²) < 4.78 is 0. The minimum atomic E-state index is -0.397. The largest absolute Gasteiger partial charge is 0.393 e. The maximum absolute atomic E-state index is 12.1. The fourth-order valence-electron chi connectivity index (χ4n) is 2.73. The highest BCUT2D eigenvalue weighted by Gasteiger charge is 2.20. The van der Waals surface area contributed by atoms with Crippen molar-refractivity contribution in [2.24, 2.45) is 0 Å². The number of carbonyl (C=O) groups is 1. The van der Waals surface area contributed by atoms with Gasteiger partial charge in [-0.15, -0.1) is 0 Å². The standard InChI is InChI=1S/C18H30N2O2/c1-5-11-18(3,4)20-17(22)19-13-16(12-14(2)21)15-9-7-6-8-10-15/h6-10,14,16,21H,5,11-13H2,1-4H3,(H2,19,20,22). The number of carbonyl (C=O) groups excluding carboxylic acids is 1. The highest BCUT2D eigenvalue weighted by Crippen LogP contribution is 2.20. The summed E-state index contributed by atoms with van der Waals surface area (Å²) in [6.45, 7) is 8.46. The quantitative estimate of drug-likeness (QED) is 0.689. The van der Waals surface area contributed by atoms with E-state index in [9.17, 15) is 9.90 Å². The van der Waals surface area contributed by atoms with Crippen LogP contribution in [0.2, 0.25) is 0 Å². The lowest BCUT2D eigenvalue weighted by molar-refractivity contribution is 0.172. The first-order valence-electron chi connectivity index (χ1n) is 8.13. The summed E-state index contributed by atoms with van der Waals surface area (Å²) in [5.41, 5.74) is 0.933. The van der Waals surface area contributed by atoms with E-state index in [0.717, 1.165) is 18.4 Å². The number of benzene rings is 1. The van der Waals surface area contributed by atoms with Crippen LogP contribution < -0.4 is 10.6 Å². The van der Waals surface area contributed by atoms with Gasteiger partial charge in [-0.1, -0.05) is 43.7 Å². The average Bonchev–Trinajstić information content (AvgIpc) is 2.43. The number of aliphatic hydroxyl groups is 1. The van der Waals surface area contributed by atoms with Crippen LogP contribution in [0.5, 0.6) is 0 Å². The number of hydrogen-bond acceptors (Lipinski definition) is 2. The van der Waals surface area contributed by atoms with Crippen molar-refractivity contribution in [3.8, 4) is 0 Å². The first-order valence-corrected chi connectivity index (χ1v) is 8.13. The molecule has 2 unspecified atom stereocenters. The zero-order valence-electron chi connectivity index (χ0n) is 14.2. The molecular formula is C18H30N2O2. The Kier molecular flexibility index (Phi) is 7.39. The van der Waals surface area contributed by atoms with Crippen molar-refractivity contribution in [1.82, 2.24) is 10.6 Å². The predicted molar refractivity (Wildman–Crippen MR) is 91.0 cm³/mol. The van der Waals surface area contributed by atoms with Crippen molar-refractivity contribution in [1.29, 1.82) is 0 Å². The van der Waals surface area contributed by atoms with E-state index in [1.165, 1.54) is 0 Å². The van der Waals surface area contributed by atoms with E-state index in [-0.39, 0.29) is 17.5 Å². The number of rotatable bonds is 8. The summed E-state index contributed by atoms with van der Waals surface area (Å²) in [6, 6.07) is 9.85. The Balaban J connectivity index is 2.58. The molecule has 2 atom stereocenters. The van der Waals surface area contributed by atoms with Crippen LogP contribution in [0.15, 0.2) is 30.3 Å². The van der Waals surface area contributed by atoms with Gasteiger partial charge in [0.1, 0.15) is 0 Å². The first-order chi connectivity index (χ1) is 10.3. The Bertz CT molecular complexity index is 444. The van der Waals surface area contributed by atoms with Gasteiger partial charge in [-0.2, -0.15) is 0 Å². The summed E-state index contributed by atoms with van der Waals surface area (Å²) in [7, 11) is 0. The van der Waals surface area contributed by atoms with Crippen LogP contribution >= 0.6 is 0 Å². The zero-order chi connectivity index (χ0) is 16.6. The Labute approximate surface area is 134 Å². The molecule has 0 fully saturated rings. The van der Waals surface area contributed by atoms with Gasteiger partial charge in [-0.25, -0.2) is 4.79 Å². The minimum absolute atomic E-state index is 0.112. The molecule has 2 amide bonds. The summed E-state index contributed by atoms with van der Waals surface area (Å²) in [6.07, 6.45) is 2.20. The smallest absolute Gasteiger partial charge is 0.315 e. The lowest BCUT2D eigenvalue weighted by Crippen LogP contribution is -2.49.